The van der Waals surface area contributed by atoms with Gasteiger partial charge in [-0.3, -0.25) is 4.79 Å². The number of rotatable bonds is 4. The van der Waals surface area contributed by atoms with Crippen LogP contribution in [0.4, 0.5) is 0 Å². The normalized spacial score (nSPS) is 12.2. The van der Waals surface area contributed by atoms with Crippen molar-refractivity contribution in [2.45, 2.75) is 6.10 Å². The molecule has 1 atom stereocenters. The van der Waals surface area contributed by atoms with Gasteiger partial charge in [0, 0.05) is 6.54 Å². The largest absolute Gasteiger partial charge is 0.394 e. The SMILES string of the molecule is O=C(NCC(O)CO)c1cc(Cl)nnc1Cl. The lowest BCUT2D eigenvalue weighted by Crippen LogP contribution is -2.34. The van der Waals surface area contributed by atoms with Crippen LogP contribution in [0.5, 0.6) is 0 Å². The van der Waals surface area contributed by atoms with Crippen LogP contribution in [-0.4, -0.2) is 45.6 Å². The molecule has 0 bridgehead atoms. The number of aliphatic hydroxyl groups is 2. The van der Waals surface area contributed by atoms with E-state index in [2.05, 4.69) is 15.5 Å². The molecule has 1 heterocycles. The number of nitrogens with one attached hydrogen (secondary N) is 1. The van der Waals surface area contributed by atoms with Gasteiger partial charge in [-0.25, -0.2) is 0 Å². The van der Waals surface area contributed by atoms with Gasteiger partial charge >= 0.3 is 0 Å². The lowest BCUT2D eigenvalue weighted by molar-refractivity contribution is 0.0801. The van der Waals surface area contributed by atoms with Crippen molar-refractivity contribution in [3.05, 3.63) is 21.9 Å². The Morgan fingerprint density at radius 2 is 2.19 bits per heavy atom. The number of nitrogens with zero attached hydrogens (tertiary/aromatic N) is 2. The maximum Gasteiger partial charge on any atom is 0.254 e. The lowest BCUT2D eigenvalue weighted by Gasteiger charge is -2.09. The zero-order valence-electron chi connectivity index (χ0n) is 8.02. The van der Waals surface area contributed by atoms with E-state index < -0.39 is 18.6 Å². The Bertz CT molecular complexity index is 389. The van der Waals surface area contributed by atoms with Crippen LogP contribution in [0.1, 0.15) is 10.4 Å². The molecule has 0 spiro atoms. The molecule has 0 saturated heterocycles. The lowest BCUT2D eigenvalue weighted by atomic mass is 10.3. The van der Waals surface area contributed by atoms with E-state index in [0.29, 0.717) is 0 Å². The van der Waals surface area contributed by atoms with E-state index in [0.717, 1.165) is 0 Å². The fraction of sp³-hybridized carbons (Fsp3) is 0.375. The third kappa shape index (κ3) is 3.57. The maximum absolute atomic E-state index is 11.5. The summed E-state index contributed by atoms with van der Waals surface area (Å²) in [6.45, 7) is -0.533. The van der Waals surface area contributed by atoms with Crippen LogP contribution in [0.15, 0.2) is 6.07 Å². The third-order valence-electron chi connectivity index (χ3n) is 1.67. The molecule has 1 unspecified atom stereocenters. The molecule has 1 amide bonds. The van der Waals surface area contributed by atoms with Crippen LogP contribution in [0, 0.1) is 0 Å². The Hall–Kier alpha value is -0.950. The van der Waals surface area contributed by atoms with Crippen molar-refractivity contribution in [3.8, 4) is 0 Å². The Balaban J connectivity index is 2.69. The number of halogens is 2. The molecule has 0 aliphatic carbocycles. The van der Waals surface area contributed by atoms with E-state index >= 15 is 0 Å². The smallest absolute Gasteiger partial charge is 0.254 e. The number of hydrogen-bond donors (Lipinski definition) is 3. The van der Waals surface area contributed by atoms with Crippen molar-refractivity contribution in [2.24, 2.45) is 0 Å². The zero-order valence-corrected chi connectivity index (χ0v) is 9.53. The van der Waals surface area contributed by atoms with Gasteiger partial charge in [0.05, 0.1) is 18.3 Å². The van der Waals surface area contributed by atoms with Crippen molar-refractivity contribution in [1.82, 2.24) is 15.5 Å². The first-order chi connectivity index (χ1) is 7.54. The standard InChI is InChI=1S/C8H9Cl2N3O3/c9-6-1-5(7(10)13-12-6)8(16)11-2-4(15)3-14/h1,4,14-15H,2-3H2,(H,11,16). The first-order valence-electron chi connectivity index (χ1n) is 4.30. The molecule has 88 valence electrons. The number of amides is 1. The molecule has 0 radical (unpaired) electrons. The van der Waals surface area contributed by atoms with Crippen LogP contribution >= 0.6 is 23.2 Å². The number of hydrogen-bond acceptors (Lipinski definition) is 5. The van der Waals surface area contributed by atoms with Crippen molar-refractivity contribution in [1.29, 1.82) is 0 Å². The Morgan fingerprint density at radius 1 is 1.50 bits per heavy atom. The van der Waals surface area contributed by atoms with Crippen LogP contribution in [0.25, 0.3) is 0 Å². The predicted molar refractivity (Wildman–Crippen MR) is 57.5 cm³/mol. The number of aromatic nitrogens is 2. The molecule has 0 aromatic carbocycles. The van der Waals surface area contributed by atoms with E-state index in [9.17, 15) is 4.79 Å². The van der Waals surface area contributed by atoms with Gasteiger partial charge < -0.3 is 15.5 Å². The molecule has 1 rings (SSSR count). The first-order valence-corrected chi connectivity index (χ1v) is 5.06. The van der Waals surface area contributed by atoms with Gasteiger partial charge in [-0.15, -0.1) is 10.2 Å². The second kappa shape index (κ2) is 5.95. The van der Waals surface area contributed by atoms with Gasteiger partial charge in [-0.05, 0) is 6.07 Å². The average molecular weight is 266 g/mol. The van der Waals surface area contributed by atoms with Gasteiger partial charge in [0.25, 0.3) is 5.91 Å². The highest BCUT2D eigenvalue weighted by atomic mass is 35.5. The molecule has 0 aliphatic heterocycles. The molecule has 8 heteroatoms. The van der Waals surface area contributed by atoms with Crippen molar-refractivity contribution in [3.63, 3.8) is 0 Å². The summed E-state index contributed by atoms with van der Waals surface area (Å²) in [5.41, 5.74) is 0.0619. The van der Waals surface area contributed by atoms with E-state index in [1.165, 1.54) is 6.07 Å². The van der Waals surface area contributed by atoms with Gasteiger partial charge in [0.15, 0.2) is 10.3 Å². The summed E-state index contributed by atoms with van der Waals surface area (Å²) < 4.78 is 0. The molecule has 1 aromatic rings. The average Bonchev–Trinajstić information content (AvgIpc) is 2.28. The second-order valence-corrected chi connectivity index (χ2v) is 3.66. The van der Waals surface area contributed by atoms with Crippen molar-refractivity contribution in [2.75, 3.05) is 13.2 Å². The van der Waals surface area contributed by atoms with E-state index in [1.807, 2.05) is 0 Å². The molecule has 1 aromatic heterocycles. The predicted octanol–water partition coefficient (Wildman–Crippen LogP) is -0.134. The number of aliphatic hydroxyl groups excluding tert-OH is 2. The summed E-state index contributed by atoms with van der Waals surface area (Å²) in [7, 11) is 0. The summed E-state index contributed by atoms with van der Waals surface area (Å²) in [4.78, 5) is 11.5. The minimum absolute atomic E-state index is 0.0391. The Kier molecular flexibility index (Phi) is 4.88. The van der Waals surface area contributed by atoms with Gasteiger partial charge in [-0.1, -0.05) is 23.2 Å². The molecular weight excluding hydrogens is 257 g/mol. The van der Waals surface area contributed by atoms with Gasteiger partial charge in [0.1, 0.15) is 0 Å². The van der Waals surface area contributed by atoms with E-state index in [1.54, 1.807) is 0 Å². The van der Waals surface area contributed by atoms with Gasteiger partial charge in [0.2, 0.25) is 0 Å². The highest BCUT2D eigenvalue weighted by Crippen LogP contribution is 2.14. The van der Waals surface area contributed by atoms with Gasteiger partial charge in [-0.2, -0.15) is 0 Å². The van der Waals surface area contributed by atoms with Crippen LogP contribution < -0.4 is 5.32 Å². The maximum atomic E-state index is 11.5. The first kappa shape index (κ1) is 13.1. The zero-order chi connectivity index (χ0) is 12.1. The van der Waals surface area contributed by atoms with Crippen molar-refractivity contribution >= 4 is 29.1 Å². The summed E-state index contributed by atoms with van der Waals surface area (Å²) in [5.74, 6) is -0.547. The Morgan fingerprint density at radius 3 is 2.81 bits per heavy atom. The molecule has 6 nitrogen and oxygen atoms in total. The molecule has 0 saturated carbocycles. The van der Waals surface area contributed by atoms with E-state index in [-0.39, 0.29) is 22.4 Å². The Labute approximate surface area is 101 Å². The molecule has 0 aliphatic rings. The minimum Gasteiger partial charge on any atom is -0.394 e. The summed E-state index contributed by atoms with van der Waals surface area (Å²) in [6, 6.07) is 1.26. The highest BCUT2D eigenvalue weighted by Gasteiger charge is 2.14. The van der Waals surface area contributed by atoms with Crippen LogP contribution in [0.2, 0.25) is 10.3 Å². The fourth-order valence-corrected chi connectivity index (χ4v) is 1.21. The molecule has 0 fully saturated rings. The van der Waals surface area contributed by atoms with Crippen LogP contribution in [-0.2, 0) is 0 Å². The molecule has 3 N–H and O–H groups in total. The van der Waals surface area contributed by atoms with Crippen molar-refractivity contribution < 1.29 is 15.0 Å². The highest BCUT2D eigenvalue weighted by molar-refractivity contribution is 6.34. The number of carbonyl (C=O) groups is 1. The third-order valence-corrected chi connectivity index (χ3v) is 2.14. The topological polar surface area (TPSA) is 95.3 Å². The fourth-order valence-electron chi connectivity index (χ4n) is 0.883. The molecule has 16 heavy (non-hydrogen) atoms. The second-order valence-electron chi connectivity index (χ2n) is 2.92. The summed E-state index contributed by atoms with van der Waals surface area (Å²) in [5, 5.41) is 26.8. The quantitative estimate of drug-likeness (QED) is 0.705. The number of carbonyl (C=O) groups excluding carboxylic acids is 1. The summed E-state index contributed by atoms with van der Waals surface area (Å²) >= 11 is 11.2. The van der Waals surface area contributed by atoms with E-state index in [4.69, 9.17) is 33.4 Å². The minimum atomic E-state index is -1.02. The monoisotopic (exact) mass is 265 g/mol. The summed E-state index contributed by atoms with van der Waals surface area (Å²) in [6.07, 6.45) is -1.02. The van der Waals surface area contributed by atoms with Crippen LogP contribution in [0.3, 0.4) is 0 Å². The molecular formula is C8H9Cl2N3O3.